The third-order valence-corrected chi connectivity index (χ3v) is 1.67. The molecule has 1 aromatic rings. The van der Waals surface area contributed by atoms with Gasteiger partial charge in [-0.05, 0) is 0 Å². The number of ether oxygens (including phenoxy) is 1. The molecule has 0 radical (unpaired) electrons. The summed E-state index contributed by atoms with van der Waals surface area (Å²) >= 11 is 0. The predicted molar refractivity (Wildman–Crippen MR) is 44.5 cm³/mol. The van der Waals surface area contributed by atoms with Crippen molar-refractivity contribution in [2.45, 2.75) is 19.6 Å². The molecular formula is C8H7F4NO3. The maximum absolute atomic E-state index is 12.4. The predicted octanol–water partition coefficient (Wildman–Crippen LogP) is 1.24. The maximum atomic E-state index is 12.4. The number of H-pyrrole nitrogens is 1. The molecule has 0 aliphatic heterocycles. The third-order valence-electron chi connectivity index (χ3n) is 1.67. The lowest BCUT2D eigenvalue weighted by Crippen LogP contribution is -2.21. The highest BCUT2D eigenvalue weighted by atomic mass is 19.4. The second kappa shape index (κ2) is 4.52. The first kappa shape index (κ1) is 12.5. The number of alkyl halides is 4. The number of hydrogen-bond donors (Lipinski definition) is 2. The van der Waals surface area contributed by atoms with E-state index in [0.717, 1.165) is 0 Å². The summed E-state index contributed by atoms with van der Waals surface area (Å²) in [6.07, 6.45) is -5.02. The maximum Gasteiger partial charge on any atom is 0.573 e. The molecule has 4 nitrogen and oxygen atoms in total. The standard InChI is InChI=1S/C8H7F4NO3/c9-2-5-7(16-8(10,11)12)4(3-14)1-6(15)13-5/h1,14H,2-3H2,(H,13,15). The molecule has 0 spiro atoms. The van der Waals surface area contributed by atoms with Gasteiger partial charge in [-0.15, -0.1) is 13.2 Å². The molecule has 90 valence electrons. The highest BCUT2D eigenvalue weighted by Crippen LogP contribution is 2.28. The van der Waals surface area contributed by atoms with Crippen molar-refractivity contribution in [3.8, 4) is 5.75 Å². The molecule has 1 rings (SSSR count). The summed E-state index contributed by atoms with van der Waals surface area (Å²) in [5.41, 5.74) is -1.89. The highest BCUT2D eigenvalue weighted by Gasteiger charge is 2.33. The van der Waals surface area contributed by atoms with Gasteiger partial charge in [0.2, 0.25) is 5.56 Å². The van der Waals surface area contributed by atoms with Gasteiger partial charge < -0.3 is 14.8 Å². The van der Waals surface area contributed by atoms with E-state index < -0.39 is 42.2 Å². The van der Waals surface area contributed by atoms with Crippen LogP contribution in [0.2, 0.25) is 0 Å². The van der Waals surface area contributed by atoms with E-state index in [9.17, 15) is 22.4 Å². The summed E-state index contributed by atoms with van der Waals surface area (Å²) in [6, 6.07) is 0.709. The van der Waals surface area contributed by atoms with Crippen molar-refractivity contribution in [3.05, 3.63) is 27.7 Å². The molecule has 0 fully saturated rings. The number of rotatable bonds is 3. The van der Waals surface area contributed by atoms with Crippen molar-refractivity contribution in [1.82, 2.24) is 4.98 Å². The quantitative estimate of drug-likeness (QED) is 0.782. The van der Waals surface area contributed by atoms with Gasteiger partial charge in [-0.3, -0.25) is 4.79 Å². The highest BCUT2D eigenvalue weighted by molar-refractivity contribution is 5.36. The third kappa shape index (κ3) is 2.96. The smallest absolute Gasteiger partial charge is 0.403 e. The summed E-state index contributed by atoms with van der Waals surface area (Å²) in [7, 11) is 0. The Hall–Kier alpha value is -1.57. The second-order valence-electron chi connectivity index (χ2n) is 2.81. The Labute approximate surface area is 86.5 Å². The zero-order chi connectivity index (χ0) is 12.3. The summed E-state index contributed by atoms with van der Waals surface area (Å²) in [5.74, 6) is -0.905. The number of aliphatic hydroxyl groups is 1. The lowest BCUT2D eigenvalue weighted by atomic mass is 10.2. The van der Waals surface area contributed by atoms with Crippen molar-refractivity contribution in [2.24, 2.45) is 0 Å². The number of aromatic nitrogens is 1. The van der Waals surface area contributed by atoms with E-state index in [4.69, 9.17) is 5.11 Å². The van der Waals surface area contributed by atoms with Crippen LogP contribution in [0.4, 0.5) is 17.6 Å². The van der Waals surface area contributed by atoms with Crippen LogP contribution in [-0.4, -0.2) is 16.5 Å². The fourth-order valence-electron chi connectivity index (χ4n) is 1.11. The van der Waals surface area contributed by atoms with Crippen LogP contribution >= 0.6 is 0 Å². The van der Waals surface area contributed by atoms with E-state index in [0.29, 0.717) is 6.07 Å². The van der Waals surface area contributed by atoms with Crippen LogP contribution < -0.4 is 10.3 Å². The van der Waals surface area contributed by atoms with E-state index in [1.165, 1.54) is 0 Å². The Morgan fingerprint density at radius 1 is 1.44 bits per heavy atom. The van der Waals surface area contributed by atoms with Gasteiger partial charge in [0.1, 0.15) is 6.67 Å². The molecule has 0 bridgehead atoms. The van der Waals surface area contributed by atoms with Crippen LogP contribution in [0, 0.1) is 0 Å². The van der Waals surface area contributed by atoms with Crippen molar-refractivity contribution in [1.29, 1.82) is 0 Å². The van der Waals surface area contributed by atoms with Crippen LogP contribution in [0.1, 0.15) is 11.3 Å². The van der Waals surface area contributed by atoms with Crippen molar-refractivity contribution in [2.75, 3.05) is 0 Å². The molecule has 0 saturated carbocycles. The molecule has 1 heterocycles. The fraction of sp³-hybridized carbons (Fsp3) is 0.375. The molecule has 8 heteroatoms. The molecule has 0 atom stereocenters. The first-order valence-electron chi connectivity index (χ1n) is 4.05. The SMILES string of the molecule is O=c1cc(CO)c(OC(F)(F)F)c(CF)[nH]1. The minimum atomic E-state index is -5.02. The number of halogens is 4. The van der Waals surface area contributed by atoms with Gasteiger partial charge in [-0.1, -0.05) is 0 Å². The average Bonchev–Trinajstić information content (AvgIpc) is 2.18. The van der Waals surface area contributed by atoms with Gasteiger partial charge >= 0.3 is 6.36 Å². The van der Waals surface area contributed by atoms with Crippen LogP contribution in [-0.2, 0) is 13.3 Å². The minimum Gasteiger partial charge on any atom is -0.403 e. The van der Waals surface area contributed by atoms with Gasteiger partial charge in [0.05, 0.1) is 12.3 Å². The topological polar surface area (TPSA) is 62.3 Å². The van der Waals surface area contributed by atoms with Crippen molar-refractivity contribution < 1.29 is 27.4 Å². The number of aliphatic hydroxyl groups excluding tert-OH is 1. The van der Waals surface area contributed by atoms with Gasteiger partial charge in [-0.25, -0.2) is 4.39 Å². The average molecular weight is 241 g/mol. The number of pyridine rings is 1. The monoisotopic (exact) mass is 241 g/mol. The number of aromatic amines is 1. The van der Waals surface area contributed by atoms with E-state index in [1.807, 2.05) is 4.98 Å². The molecule has 16 heavy (non-hydrogen) atoms. The van der Waals surface area contributed by atoms with E-state index in [2.05, 4.69) is 4.74 Å². The molecule has 1 aromatic heterocycles. The first-order valence-corrected chi connectivity index (χ1v) is 4.05. The van der Waals surface area contributed by atoms with Crippen LogP contribution in [0.3, 0.4) is 0 Å². The molecule has 0 aliphatic rings. The van der Waals surface area contributed by atoms with E-state index in [1.54, 1.807) is 0 Å². The zero-order valence-electron chi connectivity index (χ0n) is 7.77. The summed E-state index contributed by atoms with van der Waals surface area (Å²) in [4.78, 5) is 12.7. The zero-order valence-corrected chi connectivity index (χ0v) is 7.77. The minimum absolute atomic E-state index is 0.422. The summed E-state index contributed by atoms with van der Waals surface area (Å²) < 4.78 is 51.8. The van der Waals surface area contributed by atoms with Crippen molar-refractivity contribution in [3.63, 3.8) is 0 Å². The lowest BCUT2D eigenvalue weighted by Gasteiger charge is -2.14. The summed E-state index contributed by atoms with van der Waals surface area (Å²) in [5, 5.41) is 8.74. The Bertz CT molecular complexity index is 398. The molecule has 0 saturated heterocycles. The summed E-state index contributed by atoms with van der Waals surface area (Å²) in [6.45, 7) is -2.20. The Morgan fingerprint density at radius 2 is 2.06 bits per heavy atom. The Morgan fingerprint density at radius 3 is 2.50 bits per heavy atom. The molecule has 0 unspecified atom stereocenters. The Kier molecular flexibility index (Phi) is 3.53. The Balaban J connectivity index is 3.28. The number of hydrogen-bond acceptors (Lipinski definition) is 3. The molecular weight excluding hydrogens is 234 g/mol. The van der Waals surface area contributed by atoms with Crippen molar-refractivity contribution >= 4 is 0 Å². The molecule has 0 aliphatic carbocycles. The molecule has 0 aromatic carbocycles. The van der Waals surface area contributed by atoms with Gasteiger partial charge in [0.15, 0.2) is 5.75 Å². The normalized spacial score (nSPS) is 11.6. The first-order chi connectivity index (χ1) is 7.37. The van der Waals surface area contributed by atoms with Gasteiger partial charge in [-0.2, -0.15) is 0 Å². The van der Waals surface area contributed by atoms with Crippen LogP contribution in [0.15, 0.2) is 10.9 Å². The van der Waals surface area contributed by atoms with E-state index >= 15 is 0 Å². The molecule has 2 N–H and O–H groups in total. The van der Waals surface area contributed by atoms with Gasteiger partial charge in [0, 0.05) is 11.6 Å². The second-order valence-corrected chi connectivity index (χ2v) is 2.81. The molecule has 0 amide bonds. The van der Waals surface area contributed by atoms with E-state index in [-0.39, 0.29) is 0 Å². The van der Waals surface area contributed by atoms with Crippen LogP contribution in [0.25, 0.3) is 0 Å². The fourth-order valence-corrected chi connectivity index (χ4v) is 1.11. The lowest BCUT2D eigenvalue weighted by molar-refractivity contribution is -0.275. The van der Waals surface area contributed by atoms with Gasteiger partial charge in [0.25, 0.3) is 0 Å². The number of nitrogens with one attached hydrogen (secondary N) is 1. The largest absolute Gasteiger partial charge is 0.573 e. The van der Waals surface area contributed by atoms with Crippen LogP contribution in [0.5, 0.6) is 5.75 Å².